The average Bonchev–Trinajstić information content (AvgIpc) is 2.80. The summed E-state index contributed by atoms with van der Waals surface area (Å²) in [7, 11) is 0. The lowest BCUT2D eigenvalue weighted by Crippen LogP contribution is -2.23. The summed E-state index contributed by atoms with van der Waals surface area (Å²) in [5.41, 5.74) is 2.53. The average molecular weight is 359 g/mol. The highest BCUT2D eigenvalue weighted by Gasteiger charge is 2.17. The standard InChI is InChI=1S/C15H17BrClNS/c1-3-8-18-15(13-6-7-14(16)19-13)12-9-11(17)5-4-10(12)2/h4-7,9,15,18H,3,8H2,1-2H3. The highest BCUT2D eigenvalue weighted by atomic mass is 79.9. The van der Waals surface area contributed by atoms with Crippen LogP contribution in [-0.4, -0.2) is 6.54 Å². The lowest BCUT2D eigenvalue weighted by Gasteiger charge is -2.20. The molecule has 0 aliphatic rings. The summed E-state index contributed by atoms with van der Waals surface area (Å²) >= 11 is 11.5. The van der Waals surface area contributed by atoms with Crippen LogP contribution in [0.4, 0.5) is 0 Å². The molecule has 0 bridgehead atoms. The zero-order chi connectivity index (χ0) is 13.8. The number of hydrogen-bond acceptors (Lipinski definition) is 2. The first-order valence-corrected chi connectivity index (χ1v) is 8.35. The van der Waals surface area contributed by atoms with Gasteiger partial charge >= 0.3 is 0 Å². The maximum atomic E-state index is 6.15. The Morgan fingerprint density at radius 1 is 1.32 bits per heavy atom. The van der Waals surface area contributed by atoms with Gasteiger partial charge in [-0.3, -0.25) is 0 Å². The van der Waals surface area contributed by atoms with Crippen molar-refractivity contribution in [3.8, 4) is 0 Å². The Morgan fingerprint density at radius 3 is 2.74 bits per heavy atom. The Hall–Kier alpha value is -0.350. The molecule has 1 nitrogen and oxygen atoms in total. The van der Waals surface area contributed by atoms with Crippen LogP contribution in [0.15, 0.2) is 34.1 Å². The normalized spacial score (nSPS) is 12.6. The van der Waals surface area contributed by atoms with Gasteiger partial charge in [0, 0.05) is 9.90 Å². The quantitative estimate of drug-likeness (QED) is 0.737. The van der Waals surface area contributed by atoms with Crippen molar-refractivity contribution in [2.45, 2.75) is 26.3 Å². The van der Waals surface area contributed by atoms with Gasteiger partial charge < -0.3 is 5.32 Å². The lowest BCUT2D eigenvalue weighted by molar-refractivity contribution is 0.603. The van der Waals surface area contributed by atoms with Gasteiger partial charge in [-0.1, -0.05) is 24.6 Å². The zero-order valence-electron chi connectivity index (χ0n) is 11.0. The van der Waals surface area contributed by atoms with E-state index in [9.17, 15) is 0 Å². The van der Waals surface area contributed by atoms with E-state index < -0.39 is 0 Å². The van der Waals surface area contributed by atoms with E-state index in [4.69, 9.17) is 11.6 Å². The number of thiophene rings is 1. The summed E-state index contributed by atoms with van der Waals surface area (Å²) in [6.45, 7) is 5.31. The third kappa shape index (κ3) is 3.82. The SMILES string of the molecule is CCCNC(c1ccc(Br)s1)c1cc(Cl)ccc1C. The van der Waals surface area contributed by atoms with Gasteiger partial charge in [0.25, 0.3) is 0 Å². The van der Waals surface area contributed by atoms with Gasteiger partial charge in [0.15, 0.2) is 0 Å². The molecule has 1 aromatic carbocycles. The van der Waals surface area contributed by atoms with E-state index in [1.807, 2.05) is 6.07 Å². The molecule has 0 spiro atoms. The van der Waals surface area contributed by atoms with E-state index in [2.05, 4.69) is 59.4 Å². The first kappa shape index (κ1) is 15.0. The summed E-state index contributed by atoms with van der Waals surface area (Å²) in [6, 6.07) is 10.6. The smallest absolute Gasteiger partial charge is 0.0702 e. The molecule has 1 heterocycles. The number of hydrogen-bond donors (Lipinski definition) is 1. The Bertz CT molecular complexity index is 553. The van der Waals surface area contributed by atoms with Crippen molar-refractivity contribution >= 4 is 38.9 Å². The molecule has 0 saturated heterocycles. The van der Waals surface area contributed by atoms with Crippen LogP contribution in [0.2, 0.25) is 5.02 Å². The molecule has 0 radical (unpaired) electrons. The molecule has 0 aliphatic carbocycles. The van der Waals surface area contributed by atoms with Crippen molar-refractivity contribution in [2.75, 3.05) is 6.54 Å². The Kier molecular flexibility index (Phi) is 5.46. The number of rotatable bonds is 5. The Balaban J connectivity index is 2.39. The van der Waals surface area contributed by atoms with Gasteiger partial charge in [0.2, 0.25) is 0 Å². The van der Waals surface area contributed by atoms with Crippen molar-refractivity contribution < 1.29 is 0 Å². The molecule has 2 rings (SSSR count). The predicted octanol–water partition coefficient (Wildman–Crippen LogP) is 5.56. The summed E-state index contributed by atoms with van der Waals surface area (Å²) in [5, 5.41) is 4.41. The number of nitrogens with one attached hydrogen (secondary N) is 1. The maximum Gasteiger partial charge on any atom is 0.0702 e. The fourth-order valence-electron chi connectivity index (χ4n) is 2.06. The minimum Gasteiger partial charge on any atom is -0.306 e. The first-order valence-electron chi connectivity index (χ1n) is 6.36. The number of benzene rings is 1. The maximum absolute atomic E-state index is 6.15. The van der Waals surface area contributed by atoms with Crippen molar-refractivity contribution in [2.24, 2.45) is 0 Å². The molecule has 1 aromatic heterocycles. The second kappa shape index (κ2) is 6.89. The van der Waals surface area contributed by atoms with Gasteiger partial charge in [-0.15, -0.1) is 11.3 Å². The van der Waals surface area contributed by atoms with E-state index >= 15 is 0 Å². The van der Waals surface area contributed by atoms with Gasteiger partial charge in [-0.05, 0) is 71.2 Å². The van der Waals surface area contributed by atoms with E-state index in [1.54, 1.807) is 11.3 Å². The minimum atomic E-state index is 0.218. The van der Waals surface area contributed by atoms with Crippen molar-refractivity contribution in [3.05, 3.63) is 55.1 Å². The predicted molar refractivity (Wildman–Crippen MR) is 88.3 cm³/mol. The highest BCUT2D eigenvalue weighted by molar-refractivity contribution is 9.11. The molecule has 19 heavy (non-hydrogen) atoms. The third-order valence-electron chi connectivity index (χ3n) is 3.03. The van der Waals surface area contributed by atoms with E-state index in [0.29, 0.717) is 0 Å². The molecule has 102 valence electrons. The second-order valence-electron chi connectivity index (χ2n) is 4.53. The van der Waals surface area contributed by atoms with Crippen LogP contribution in [0.3, 0.4) is 0 Å². The molecule has 1 atom stereocenters. The summed E-state index contributed by atoms with van der Waals surface area (Å²) in [5.74, 6) is 0. The second-order valence-corrected chi connectivity index (χ2v) is 7.46. The van der Waals surface area contributed by atoms with Crippen LogP contribution in [0.25, 0.3) is 0 Å². The fraction of sp³-hybridized carbons (Fsp3) is 0.333. The third-order valence-corrected chi connectivity index (χ3v) is 4.95. The highest BCUT2D eigenvalue weighted by Crippen LogP contribution is 2.33. The van der Waals surface area contributed by atoms with E-state index in [1.165, 1.54) is 16.0 Å². The molecular formula is C15H17BrClNS. The first-order chi connectivity index (χ1) is 9.11. The van der Waals surface area contributed by atoms with Crippen molar-refractivity contribution in [1.82, 2.24) is 5.32 Å². The van der Waals surface area contributed by atoms with Crippen LogP contribution < -0.4 is 5.32 Å². The van der Waals surface area contributed by atoms with Crippen LogP contribution in [0, 0.1) is 6.92 Å². The van der Waals surface area contributed by atoms with Crippen LogP contribution >= 0.6 is 38.9 Å². The molecule has 1 N–H and O–H groups in total. The van der Waals surface area contributed by atoms with Gasteiger partial charge in [0.05, 0.1) is 9.83 Å². The minimum absolute atomic E-state index is 0.218. The Labute approximate surface area is 132 Å². The van der Waals surface area contributed by atoms with E-state index in [-0.39, 0.29) is 6.04 Å². The van der Waals surface area contributed by atoms with Crippen molar-refractivity contribution in [1.29, 1.82) is 0 Å². The largest absolute Gasteiger partial charge is 0.306 e. The van der Waals surface area contributed by atoms with Gasteiger partial charge in [-0.2, -0.15) is 0 Å². The summed E-state index contributed by atoms with van der Waals surface area (Å²) < 4.78 is 1.16. The Morgan fingerprint density at radius 2 is 2.11 bits per heavy atom. The van der Waals surface area contributed by atoms with Crippen LogP contribution in [0.1, 0.15) is 35.4 Å². The van der Waals surface area contributed by atoms with Gasteiger partial charge in [0.1, 0.15) is 0 Å². The number of aryl methyl sites for hydroxylation is 1. The lowest BCUT2D eigenvalue weighted by atomic mass is 10.00. The molecule has 2 aromatic rings. The zero-order valence-corrected chi connectivity index (χ0v) is 14.2. The molecular weight excluding hydrogens is 342 g/mol. The molecule has 4 heteroatoms. The number of halogens is 2. The monoisotopic (exact) mass is 357 g/mol. The van der Waals surface area contributed by atoms with Gasteiger partial charge in [-0.25, -0.2) is 0 Å². The molecule has 0 fully saturated rings. The van der Waals surface area contributed by atoms with Crippen LogP contribution in [-0.2, 0) is 0 Å². The van der Waals surface area contributed by atoms with E-state index in [0.717, 1.165) is 21.8 Å². The molecule has 0 aliphatic heterocycles. The van der Waals surface area contributed by atoms with Crippen molar-refractivity contribution in [3.63, 3.8) is 0 Å². The molecule has 0 amide bonds. The topological polar surface area (TPSA) is 12.0 Å². The summed E-state index contributed by atoms with van der Waals surface area (Å²) in [6.07, 6.45) is 1.11. The molecule has 1 unspecified atom stereocenters. The summed E-state index contributed by atoms with van der Waals surface area (Å²) in [4.78, 5) is 1.31. The fourth-order valence-corrected chi connectivity index (χ4v) is 3.76. The van der Waals surface area contributed by atoms with Crippen LogP contribution in [0.5, 0.6) is 0 Å². The molecule has 0 saturated carbocycles.